The molecule has 3 aromatic rings. The molecule has 0 aliphatic carbocycles. The Labute approximate surface area is 138 Å². The van der Waals surface area contributed by atoms with E-state index in [0.29, 0.717) is 18.0 Å². The van der Waals surface area contributed by atoms with E-state index in [-0.39, 0.29) is 11.9 Å². The molecular weight excluding hydrogens is 310 g/mol. The second-order valence-corrected chi connectivity index (χ2v) is 5.82. The maximum Gasteiger partial charge on any atom is 0.226 e. The molecule has 1 atom stereocenters. The highest BCUT2D eigenvalue weighted by molar-refractivity contribution is 7.08. The average Bonchev–Trinajstić information content (AvgIpc) is 3.27. The van der Waals surface area contributed by atoms with E-state index in [0.717, 1.165) is 5.56 Å². The quantitative estimate of drug-likeness (QED) is 0.753. The first-order valence-corrected chi connectivity index (χ1v) is 8.15. The second kappa shape index (κ2) is 7.11. The number of methoxy groups -OCH3 is 1. The zero-order valence-electron chi connectivity index (χ0n) is 12.7. The van der Waals surface area contributed by atoms with Crippen LogP contribution in [0.5, 0.6) is 5.88 Å². The number of thiophene rings is 1. The van der Waals surface area contributed by atoms with Gasteiger partial charge < -0.3 is 14.6 Å². The molecule has 0 bridgehead atoms. The summed E-state index contributed by atoms with van der Waals surface area (Å²) in [7, 11) is 1.56. The van der Waals surface area contributed by atoms with E-state index < -0.39 is 0 Å². The van der Waals surface area contributed by atoms with Gasteiger partial charge in [0.05, 0.1) is 31.5 Å². The minimum atomic E-state index is -0.0538. The Hall–Kier alpha value is -2.60. The van der Waals surface area contributed by atoms with Crippen molar-refractivity contribution in [3.05, 3.63) is 65.2 Å². The van der Waals surface area contributed by atoms with Gasteiger partial charge >= 0.3 is 0 Å². The largest absolute Gasteiger partial charge is 0.481 e. The third-order valence-corrected chi connectivity index (χ3v) is 4.22. The van der Waals surface area contributed by atoms with Crippen molar-refractivity contribution in [1.29, 1.82) is 0 Å². The molecule has 6 heteroatoms. The highest BCUT2D eigenvalue weighted by atomic mass is 32.1. The summed E-state index contributed by atoms with van der Waals surface area (Å²) in [6.45, 7) is 0. The van der Waals surface area contributed by atoms with Crippen molar-refractivity contribution >= 4 is 22.9 Å². The molecule has 3 rings (SSSR count). The molecule has 1 amide bonds. The van der Waals surface area contributed by atoms with E-state index in [1.165, 1.54) is 0 Å². The summed E-state index contributed by atoms with van der Waals surface area (Å²) in [6, 6.07) is 9.46. The van der Waals surface area contributed by atoms with Gasteiger partial charge in [-0.15, -0.1) is 0 Å². The van der Waals surface area contributed by atoms with Gasteiger partial charge in [0.2, 0.25) is 11.8 Å². The summed E-state index contributed by atoms with van der Waals surface area (Å²) in [5, 5.41) is 6.98. The Morgan fingerprint density at radius 3 is 2.78 bits per heavy atom. The number of aromatic nitrogens is 2. The normalized spacial score (nSPS) is 11.9. The molecular formula is C17H17N3O2S. The number of amides is 1. The van der Waals surface area contributed by atoms with E-state index in [4.69, 9.17) is 4.74 Å². The molecule has 1 N–H and O–H groups in total. The predicted molar refractivity (Wildman–Crippen MR) is 90.9 cm³/mol. The standard InChI is InChI=1S/C17H17N3O2S/c1-22-17-5-4-14(11-18-17)19-16(21)10-15(13-6-9-23-12-13)20-7-2-3-8-20/h2-9,11-12,15H,10H2,1H3,(H,19,21)/t15-/m0/s1. The number of carbonyl (C=O) groups is 1. The van der Waals surface area contributed by atoms with Crippen LogP contribution in [0.1, 0.15) is 18.0 Å². The van der Waals surface area contributed by atoms with Gasteiger partial charge in [-0.25, -0.2) is 4.98 Å². The van der Waals surface area contributed by atoms with E-state index in [9.17, 15) is 4.79 Å². The lowest BCUT2D eigenvalue weighted by molar-refractivity contribution is -0.116. The topological polar surface area (TPSA) is 56.1 Å². The lowest BCUT2D eigenvalue weighted by atomic mass is 10.1. The maximum atomic E-state index is 12.4. The van der Waals surface area contributed by atoms with Crippen LogP contribution >= 0.6 is 11.3 Å². The van der Waals surface area contributed by atoms with Gasteiger partial charge in [0.15, 0.2) is 0 Å². The lowest BCUT2D eigenvalue weighted by Gasteiger charge is -2.18. The van der Waals surface area contributed by atoms with Crippen molar-refractivity contribution in [2.24, 2.45) is 0 Å². The molecule has 0 unspecified atom stereocenters. The van der Waals surface area contributed by atoms with Gasteiger partial charge in [0, 0.05) is 18.5 Å². The summed E-state index contributed by atoms with van der Waals surface area (Å²) in [4.78, 5) is 16.5. The number of anilines is 1. The molecule has 0 radical (unpaired) electrons. The van der Waals surface area contributed by atoms with Crippen LogP contribution in [-0.4, -0.2) is 22.6 Å². The molecule has 0 aliphatic rings. The van der Waals surface area contributed by atoms with Crippen molar-refractivity contribution in [2.45, 2.75) is 12.5 Å². The Bertz CT molecular complexity index is 703. The van der Waals surface area contributed by atoms with Crippen LogP contribution in [-0.2, 0) is 4.79 Å². The minimum absolute atomic E-state index is 0.0116. The molecule has 118 valence electrons. The van der Waals surface area contributed by atoms with Crippen molar-refractivity contribution in [3.8, 4) is 5.88 Å². The van der Waals surface area contributed by atoms with Gasteiger partial charge in [0.25, 0.3) is 0 Å². The van der Waals surface area contributed by atoms with Crippen molar-refractivity contribution < 1.29 is 9.53 Å². The van der Waals surface area contributed by atoms with Crippen LogP contribution in [0, 0.1) is 0 Å². The molecule has 0 aromatic carbocycles. The summed E-state index contributed by atoms with van der Waals surface area (Å²) in [5.74, 6) is 0.466. The van der Waals surface area contributed by atoms with Gasteiger partial charge in [-0.05, 0) is 40.6 Å². The van der Waals surface area contributed by atoms with Gasteiger partial charge in [0.1, 0.15) is 0 Å². The number of ether oxygens (including phenoxy) is 1. The molecule has 0 spiro atoms. The smallest absolute Gasteiger partial charge is 0.226 e. The van der Waals surface area contributed by atoms with Crippen molar-refractivity contribution in [3.63, 3.8) is 0 Å². The Morgan fingerprint density at radius 2 is 2.17 bits per heavy atom. The SMILES string of the molecule is COc1ccc(NC(=O)C[C@@H](c2ccsc2)n2cccc2)cn1. The summed E-state index contributed by atoms with van der Waals surface area (Å²) >= 11 is 1.63. The number of hydrogen-bond acceptors (Lipinski definition) is 4. The Morgan fingerprint density at radius 1 is 1.35 bits per heavy atom. The first kappa shape index (κ1) is 15.3. The van der Waals surface area contributed by atoms with Crippen LogP contribution in [0.2, 0.25) is 0 Å². The van der Waals surface area contributed by atoms with Crippen molar-refractivity contribution in [2.75, 3.05) is 12.4 Å². The number of rotatable bonds is 6. The summed E-state index contributed by atoms with van der Waals surface area (Å²) < 4.78 is 7.06. The first-order valence-electron chi connectivity index (χ1n) is 7.20. The van der Waals surface area contributed by atoms with Gasteiger partial charge in [-0.2, -0.15) is 11.3 Å². The molecule has 0 fully saturated rings. The molecule has 0 aliphatic heterocycles. The third-order valence-electron chi connectivity index (χ3n) is 3.52. The van der Waals surface area contributed by atoms with Crippen LogP contribution in [0.4, 0.5) is 5.69 Å². The molecule has 3 aromatic heterocycles. The van der Waals surface area contributed by atoms with E-state index in [1.807, 2.05) is 34.5 Å². The van der Waals surface area contributed by atoms with Crippen LogP contribution in [0.15, 0.2) is 59.7 Å². The fourth-order valence-electron chi connectivity index (χ4n) is 2.38. The number of nitrogens with one attached hydrogen (secondary N) is 1. The van der Waals surface area contributed by atoms with E-state index in [2.05, 4.69) is 21.7 Å². The number of pyridine rings is 1. The highest BCUT2D eigenvalue weighted by Gasteiger charge is 2.18. The molecule has 0 saturated carbocycles. The average molecular weight is 327 g/mol. The fourth-order valence-corrected chi connectivity index (χ4v) is 3.09. The summed E-state index contributed by atoms with van der Waals surface area (Å²) in [5.41, 5.74) is 1.79. The second-order valence-electron chi connectivity index (χ2n) is 5.04. The zero-order valence-corrected chi connectivity index (χ0v) is 13.5. The lowest BCUT2D eigenvalue weighted by Crippen LogP contribution is -2.19. The first-order chi connectivity index (χ1) is 11.3. The minimum Gasteiger partial charge on any atom is -0.481 e. The van der Waals surface area contributed by atoms with E-state index >= 15 is 0 Å². The number of nitrogens with zero attached hydrogens (tertiary/aromatic N) is 2. The number of carbonyl (C=O) groups excluding carboxylic acids is 1. The monoisotopic (exact) mass is 327 g/mol. The maximum absolute atomic E-state index is 12.4. The van der Waals surface area contributed by atoms with Crippen molar-refractivity contribution in [1.82, 2.24) is 9.55 Å². The Balaban J connectivity index is 1.71. The van der Waals surface area contributed by atoms with Gasteiger partial charge in [-0.1, -0.05) is 0 Å². The summed E-state index contributed by atoms with van der Waals surface area (Å²) in [6.07, 6.45) is 5.90. The van der Waals surface area contributed by atoms with Gasteiger partial charge in [-0.3, -0.25) is 4.79 Å². The third kappa shape index (κ3) is 3.78. The molecule has 3 heterocycles. The zero-order chi connectivity index (χ0) is 16.1. The van der Waals surface area contributed by atoms with Crippen LogP contribution in [0.3, 0.4) is 0 Å². The molecule has 23 heavy (non-hydrogen) atoms. The highest BCUT2D eigenvalue weighted by Crippen LogP contribution is 2.25. The van der Waals surface area contributed by atoms with Crippen LogP contribution < -0.4 is 10.1 Å². The Kier molecular flexibility index (Phi) is 4.73. The molecule has 5 nitrogen and oxygen atoms in total. The van der Waals surface area contributed by atoms with Crippen LogP contribution in [0.25, 0.3) is 0 Å². The van der Waals surface area contributed by atoms with E-state index in [1.54, 1.807) is 36.8 Å². The predicted octanol–water partition coefficient (Wildman–Crippen LogP) is 3.57. The fraction of sp³-hybridized carbons (Fsp3) is 0.176. The number of hydrogen-bond donors (Lipinski definition) is 1. The molecule has 0 saturated heterocycles.